The van der Waals surface area contributed by atoms with Crippen molar-refractivity contribution in [2.45, 2.75) is 26.5 Å². The SMILES string of the molecule is Cc1ccc(N2C(=O)N(CC(=O)Nc3ccccc3OC(F)F)C(=O)[C@H]2C)cc1. The van der Waals surface area contributed by atoms with E-state index in [9.17, 15) is 23.2 Å². The molecule has 152 valence electrons. The lowest BCUT2D eigenvalue weighted by molar-refractivity contribution is -0.130. The largest absolute Gasteiger partial charge is 0.433 e. The van der Waals surface area contributed by atoms with Gasteiger partial charge in [0.05, 0.1) is 5.69 Å². The Kier molecular flexibility index (Phi) is 5.76. The Morgan fingerprint density at radius 3 is 2.45 bits per heavy atom. The number of ether oxygens (including phenoxy) is 1. The zero-order valence-corrected chi connectivity index (χ0v) is 15.8. The van der Waals surface area contributed by atoms with Crippen LogP contribution in [0.2, 0.25) is 0 Å². The zero-order chi connectivity index (χ0) is 21.1. The van der Waals surface area contributed by atoms with E-state index in [0.717, 1.165) is 10.5 Å². The van der Waals surface area contributed by atoms with Gasteiger partial charge < -0.3 is 10.1 Å². The number of benzene rings is 2. The van der Waals surface area contributed by atoms with Crippen molar-refractivity contribution in [2.24, 2.45) is 0 Å². The molecule has 0 spiro atoms. The normalized spacial score (nSPS) is 16.5. The van der Waals surface area contributed by atoms with E-state index in [0.29, 0.717) is 5.69 Å². The van der Waals surface area contributed by atoms with Crippen molar-refractivity contribution in [1.82, 2.24) is 4.90 Å². The summed E-state index contributed by atoms with van der Waals surface area (Å²) < 4.78 is 29.4. The summed E-state index contributed by atoms with van der Waals surface area (Å²) in [5.41, 5.74) is 1.56. The molecule has 7 nitrogen and oxygen atoms in total. The number of nitrogens with one attached hydrogen (secondary N) is 1. The molecule has 2 aromatic carbocycles. The minimum atomic E-state index is -3.06. The molecule has 1 aliphatic heterocycles. The molecule has 9 heteroatoms. The van der Waals surface area contributed by atoms with Gasteiger partial charge in [0.15, 0.2) is 0 Å². The average Bonchev–Trinajstić information content (AvgIpc) is 2.87. The lowest BCUT2D eigenvalue weighted by Crippen LogP contribution is -2.39. The molecule has 1 aliphatic rings. The van der Waals surface area contributed by atoms with Crippen LogP contribution in [-0.4, -0.2) is 41.9 Å². The minimum Gasteiger partial charge on any atom is -0.433 e. The maximum Gasteiger partial charge on any atom is 0.387 e. The Bertz CT molecular complexity index is 934. The Balaban J connectivity index is 1.73. The predicted molar refractivity (Wildman–Crippen MR) is 102 cm³/mol. The molecule has 0 saturated carbocycles. The zero-order valence-electron chi connectivity index (χ0n) is 15.8. The van der Waals surface area contributed by atoms with Crippen LogP contribution < -0.4 is 15.0 Å². The molecule has 29 heavy (non-hydrogen) atoms. The van der Waals surface area contributed by atoms with E-state index in [4.69, 9.17) is 0 Å². The lowest BCUT2D eigenvalue weighted by atomic mass is 10.2. The number of imide groups is 1. The monoisotopic (exact) mass is 403 g/mol. The first-order valence-electron chi connectivity index (χ1n) is 8.83. The summed E-state index contributed by atoms with van der Waals surface area (Å²) in [5.74, 6) is -1.46. The highest BCUT2D eigenvalue weighted by atomic mass is 19.3. The summed E-state index contributed by atoms with van der Waals surface area (Å²) in [7, 11) is 0. The quantitative estimate of drug-likeness (QED) is 0.750. The van der Waals surface area contributed by atoms with E-state index >= 15 is 0 Å². The highest BCUT2D eigenvalue weighted by Gasteiger charge is 2.44. The van der Waals surface area contributed by atoms with Gasteiger partial charge in [0, 0.05) is 5.69 Å². The number of carbonyl (C=O) groups is 3. The Morgan fingerprint density at radius 2 is 1.79 bits per heavy atom. The maximum absolute atomic E-state index is 12.7. The summed E-state index contributed by atoms with van der Waals surface area (Å²) in [6.45, 7) is -0.133. The molecular formula is C20H19F2N3O4. The molecule has 1 saturated heterocycles. The number of hydrogen-bond acceptors (Lipinski definition) is 4. The molecule has 1 atom stereocenters. The number of urea groups is 1. The number of nitrogens with zero attached hydrogens (tertiary/aromatic N) is 2. The second kappa shape index (κ2) is 8.26. The van der Waals surface area contributed by atoms with Crippen molar-refractivity contribution in [3.05, 3.63) is 54.1 Å². The van der Waals surface area contributed by atoms with Gasteiger partial charge in [-0.25, -0.2) is 4.79 Å². The first kappa shape index (κ1) is 20.2. The molecule has 0 radical (unpaired) electrons. The van der Waals surface area contributed by atoms with Gasteiger partial charge in [-0.2, -0.15) is 8.78 Å². The highest BCUT2D eigenvalue weighted by Crippen LogP contribution is 2.27. The number of amides is 4. The van der Waals surface area contributed by atoms with Crippen LogP contribution >= 0.6 is 0 Å². The molecular weight excluding hydrogens is 384 g/mol. The fourth-order valence-electron chi connectivity index (χ4n) is 3.01. The smallest absolute Gasteiger partial charge is 0.387 e. The third-order valence-corrected chi connectivity index (χ3v) is 4.44. The summed E-state index contributed by atoms with van der Waals surface area (Å²) >= 11 is 0. The third kappa shape index (κ3) is 4.34. The van der Waals surface area contributed by atoms with Crippen molar-refractivity contribution in [1.29, 1.82) is 0 Å². The van der Waals surface area contributed by atoms with E-state index < -0.39 is 37.0 Å². The summed E-state index contributed by atoms with van der Waals surface area (Å²) in [5, 5.41) is 2.40. The number of anilines is 2. The third-order valence-electron chi connectivity index (χ3n) is 4.44. The van der Waals surface area contributed by atoms with E-state index in [1.807, 2.05) is 19.1 Å². The Hall–Kier alpha value is -3.49. The van der Waals surface area contributed by atoms with Crippen LogP contribution in [0.4, 0.5) is 25.0 Å². The highest BCUT2D eigenvalue weighted by molar-refractivity contribution is 6.16. The Morgan fingerprint density at radius 1 is 1.14 bits per heavy atom. The second-order valence-corrected chi connectivity index (χ2v) is 6.51. The second-order valence-electron chi connectivity index (χ2n) is 6.51. The van der Waals surface area contributed by atoms with Crippen LogP contribution in [0.5, 0.6) is 5.75 Å². The van der Waals surface area contributed by atoms with Gasteiger partial charge in [-0.15, -0.1) is 0 Å². The number of rotatable bonds is 6. The molecule has 2 aromatic rings. The molecule has 0 aromatic heterocycles. The molecule has 1 fully saturated rings. The van der Waals surface area contributed by atoms with Crippen LogP contribution in [0.3, 0.4) is 0 Å². The maximum atomic E-state index is 12.7. The first-order valence-corrected chi connectivity index (χ1v) is 8.83. The van der Waals surface area contributed by atoms with Gasteiger partial charge in [-0.05, 0) is 38.1 Å². The van der Waals surface area contributed by atoms with Gasteiger partial charge in [0.25, 0.3) is 5.91 Å². The summed E-state index contributed by atoms with van der Waals surface area (Å²) in [4.78, 5) is 39.8. The van der Waals surface area contributed by atoms with Gasteiger partial charge >= 0.3 is 12.6 Å². The van der Waals surface area contributed by atoms with Crippen LogP contribution in [0.15, 0.2) is 48.5 Å². The van der Waals surface area contributed by atoms with Gasteiger partial charge in [-0.3, -0.25) is 19.4 Å². The van der Waals surface area contributed by atoms with E-state index in [-0.39, 0.29) is 11.4 Å². The number of halogens is 2. The van der Waals surface area contributed by atoms with Crippen molar-refractivity contribution in [2.75, 3.05) is 16.8 Å². The lowest BCUT2D eigenvalue weighted by Gasteiger charge is -2.19. The van der Waals surface area contributed by atoms with Crippen LogP contribution in [0.25, 0.3) is 0 Å². The van der Waals surface area contributed by atoms with Crippen molar-refractivity contribution in [3.63, 3.8) is 0 Å². The molecule has 0 unspecified atom stereocenters. The van der Waals surface area contributed by atoms with E-state index in [1.165, 1.54) is 29.2 Å². The molecule has 4 amide bonds. The van der Waals surface area contributed by atoms with Gasteiger partial charge in [0.2, 0.25) is 5.91 Å². The molecule has 1 heterocycles. The number of carbonyl (C=O) groups excluding carboxylic acids is 3. The molecule has 0 bridgehead atoms. The van der Waals surface area contributed by atoms with Crippen molar-refractivity contribution in [3.8, 4) is 5.75 Å². The van der Waals surface area contributed by atoms with Gasteiger partial charge in [0.1, 0.15) is 18.3 Å². The fourth-order valence-corrected chi connectivity index (χ4v) is 3.01. The number of aryl methyl sites for hydroxylation is 1. The van der Waals surface area contributed by atoms with Crippen LogP contribution in [0, 0.1) is 6.92 Å². The fraction of sp³-hybridized carbons (Fsp3) is 0.250. The van der Waals surface area contributed by atoms with Crippen molar-refractivity contribution < 1.29 is 27.9 Å². The van der Waals surface area contributed by atoms with Crippen LogP contribution in [-0.2, 0) is 9.59 Å². The van der Waals surface area contributed by atoms with E-state index in [1.54, 1.807) is 19.1 Å². The molecule has 3 rings (SSSR count). The number of para-hydroxylation sites is 2. The topological polar surface area (TPSA) is 79.0 Å². The minimum absolute atomic E-state index is 0.0142. The molecule has 0 aliphatic carbocycles. The molecule has 1 N–H and O–H groups in total. The summed E-state index contributed by atoms with van der Waals surface area (Å²) in [6.07, 6.45) is 0. The number of alkyl halides is 2. The standard InChI is InChI=1S/C20H19F2N3O4/c1-12-7-9-14(10-8-12)25-13(2)18(27)24(20(25)28)11-17(26)23-15-5-3-4-6-16(15)29-19(21)22/h3-10,13,19H,11H2,1-2H3,(H,23,26)/t13-/m1/s1. The Labute approximate surface area is 165 Å². The number of hydrogen-bond donors (Lipinski definition) is 1. The van der Waals surface area contributed by atoms with Crippen molar-refractivity contribution >= 4 is 29.2 Å². The van der Waals surface area contributed by atoms with Gasteiger partial charge in [-0.1, -0.05) is 29.8 Å². The predicted octanol–water partition coefficient (Wildman–Crippen LogP) is 3.39. The first-order chi connectivity index (χ1) is 13.8. The van der Waals surface area contributed by atoms with Crippen LogP contribution in [0.1, 0.15) is 12.5 Å². The van der Waals surface area contributed by atoms with E-state index in [2.05, 4.69) is 10.1 Å². The average molecular weight is 403 g/mol. The summed E-state index contributed by atoms with van der Waals surface area (Å²) in [6, 6.07) is 11.3.